The summed E-state index contributed by atoms with van der Waals surface area (Å²) in [6, 6.07) is 4.35. The van der Waals surface area contributed by atoms with Crippen molar-refractivity contribution in [1.29, 1.82) is 10.5 Å². The summed E-state index contributed by atoms with van der Waals surface area (Å²) >= 11 is 0. The molecule has 0 aliphatic heterocycles. The molecule has 0 aromatic rings. The minimum atomic E-state index is 0.606. The summed E-state index contributed by atoms with van der Waals surface area (Å²) in [5.41, 5.74) is 2.89. The van der Waals surface area contributed by atoms with Gasteiger partial charge < -0.3 is 0 Å². The zero-order valence-electron chi connectivity index (χ0n) is 51.4. The lowest BCUT2D eigenvalue weighted by molar-refractivity contribution is 0.0109. The Hall–Kier alpha value is -1.02. The van der Waals surface area contributed by atoms with Gasteiger partial charge in [-0.2, -0.15) is 10.5 Å². The lowest BCUT2D eigenvalue weighted by Crippen LogP contribution is -2.39. The van der Waals surface area contributed by atoms with Gasteiger partial charge in [-0.25, -0.2) is 0 Å². The lowest BCUT2D eigenvalue weighted by Gasteiger charge is -2.49. The maximum Gasteiger partial charge on any atom is 0.0624 e. The fraction of sp³-hybridized carbons (Fsp3) is 0.969. The van der Waals surface area contributed by atoms with Crippen molar-refractivity contribution in [3.63, 3.8) is 0 Å². The molecule has 0 aromatic carbocycles. The van der Waals surface area contributed by atoms with Crippen LogP contribution in [0.2, 0.25) is 0 Å². The zero-order valence-corrected chi connectivity index (χ0v) is 51.4. The van der Waals surface area contributed by atoms with Crippen LogP contribution in [0.25, 0.3) is 0 Å². The molecule has 0 amide bonds. The second kappa shape index (κ2) is 36.0. The maximum absolute atomic E-state index is 8.37. The summed E-state index contributed by atoms with van der Waals surface area (Å²) in [4.78, 5) is 0. The van der Waals surface area contributed by atoms with Gasteiger partial charge in [0.2, 0.25) is 0 Å². The second-order valence-corrected chi connectivity index (χ2v) is 26.3. The predicted octanol–water partition coefficient (Wildman–Crippen LogP) is 22.5. The van der Waals surface area contributed by atoms with Gasteiger partial charge in [0.25, 0.3) is 0 Å². The zero-order chi connectivity index (χ0) is 52.9. The maximum atomic E-state index is 8.37. The molecule has 4 aliphatic rings. The minimum Gasteiger partial charge on any atom is -0.198 e. The number of rotatable bonds is 16. The molecule has 2 nitrogen and oxygen atoms in total. The van der Waals surface area contributed by atoms with Crippen LogP contribution >= 0.6 is 0 Å². The molecule has 4 fully saturated rings. The summed E-state index contributed by atoms with van der Waals surface area (Å²) in [7, 11) is 0. The molecule has 67 heavy (non-hydrogen) atoms. The molecule has 4 aliphatic carbocycles. The van der Waals surface area contributed by atoms with Gasteiger partial charge in [-0.1, -0.05) is 231 Å². The van der Waals surface area contributed by atoms with Gasteiger partial charge in [-0.05, 0) is 162 Å². The Labute approximate surface area is 427 Å². The molecule has 0 heterocycles. The molecule has 4 saturated carbocycles. The van der Waals surface area contributed by atoms with Gasteiger partial charge in [0.1, 0.15) is 0 Å². The van der Waals surface area contributed by atoms with Crippen molar-refractivity contribution in [2.45, 2.75) is 302 Å². The van der Waals surface area contributed by atoms with Crippen LogP contribution in [0.1, 0.15) is 302 Å². The highest BCUT2D eigenvalue weighted by molar-refractivity contribution is 5.00. The minimum absolute atomic E-state index is 0.606. The average Bonchev–Trinajstić information content (AvgIpc) is 3.80. The molecule has 400 valence electrons. The molecular formula is C65H130N2. The molecule has 7 unspecified atom stereocenters. The molecule has 0 spiro atoms. The van der Waals surface area contributed by atoms with Crippen LogP contribution in [0, 0.1) is 127 Å². The third kappa shape index (κ3) is 25.8. The van der Waals surface area contributed by atoms with Gasteiger partial charge in [0, 0.05) is 12.8 Å². The van der Waals surface area contributed by atoms with Gasteiger partial charge in [-0.3, -0.25) is 0 Å². The predicted molar refractivity (Wildman–Crippen MR) is 305 cm³/mol. The summed E-state index contributed by atoms with van der Waals surface area (Å²) in [5, 5.41) is 16.6. The van der Waals surface area contributed by atoms with Crippen LogP contribution in [0.3, 0.4) is 0 Å². The molecule has 0 saturated heterocycles. The van der Waals surface area contributed by atoms with Crippen molar-refractivity contribution in [3.8, 4) is 12.1 Å². The Balaban J connectivity index is -0.000000717. The van der Waals surface area contributed by atoms with Crippen molar-refractivity contribution < 1.29 is 0 Å². The van der Waals surface area contributed by atoms with E-state index in [9.17, 15) is 0 Å². The summed E-state index contributed by atoms with van der Waals surface area (Å²) in [6.45, 7) is 60.1. The van der Waals surface area contributed by atoms with E-state index < -0.39 is 0 Å². The van der Waals surface area contributed by atoms with Crippen molar-refractivity contribution in [3.05, 3.63) is 0 Å². The summed E-state index contributed by atoms with van der Waals surface area (Å²) in [5.74, 6) is 12.0. The van der Waals surface area contributed by atoms with Crippen LogP contribution in [0.5, 0.6) is 0 Å². The Kier molecular flexibility index (Phi) is 37.7. The van der Waals surface area contributed by atoms with Crippen LogP contribution in [0.4, 0.5) is 0 Å². The fourth-order valence-electron chi connectivity index (χ4n) is 12.1. The Morgan fingerprint density at radius 3 is 1.00 bits per heavy atom. The standard InChI is InChI=1S/C12H24.C11H22.C10H20.C9H18.2C8H15N.C7H16/c1-5-12(10(2)3)8-6-11(4)7-9-12;1-5-11(9(2)3)7-6-10(4)8-11;1-5-10(8(2)3)6-9(4)7-10;1-5-9(7(2)3)6-8(9)4;1-7(2)8(3)5-4-6-9;1-4-8(5-6-9)7(2)3;1-5-7(4)6(2)3/h10-11H,5-9H2,1-4H3;9-10H,5-8H2,1-4H3;8-9H,5-7H2,1-4H3;7-8H,5-6H2,1-4H3;2*7-8H,4-5H2,1-3H3;6-7H,5H2,1-4H3. The van der Waals surface area contributed by atoms with E-state index in [1.165, 1.54) is 96.3 Å². The average molecular weight is 940 g/mol. The van der Waals surface area contributed by atoms with Crippen LogP contribution in [-0.2, 0) is 0 Å². The normalized spacial score (nSPS) is 29.7. The quantitative estimate of drug-likeness (QED) is 0.155. The highest BCUT2D eigenvalue weighted by atomic mass is 14.6. The third-order valence-corrected chi connectivity index (χ3v) is 20.2. The molecule has 0 radical (unpaired) electrons. The van der Waals surface area contributed by atoms with E-state index >= 15 is 0 Å². The fourth-order valence-corrected chi connectivity index (χ4v) is 12.1. The Bertz CT molecular complexity index is 1240. The van der Waals surface area contributed by atoms with Crippen molar-refractivity contribution in [2.24, 2.45) is 105 Å². The van der Waals surface area contributed by atoms with Crippen LogP contribution in [-0.4, -0.2) is 0 Å². The van der Waals surface area contributed by atoms with E-state index in [0.717, 1.165) is 88.8 Å². The number of hydrogen-bond acceptors (Lipinski definition) is 2. The number of nitriles is 2. The van der Waals surface area contributed by atoms with Crippen LogP contribution < -0.4 is 0 Å². The molecule has 0 aromatic heterocycles. The van der Waals surface area contributed by atoms with Crippen LogP contribution in [0.15, 0.2) is 0 Å². The highest BCUT2D eigenvalue weighted by Crippen LogP contribution is 2.59. The van der Waals surface area contributed by atoms with Gasteiger partial charge >= 0.3 is 0 Å². The molecule has 0 bridgehead atoms. The smallest absolute Gasteiger partial charge is 0.0624 e. The van der Waals surface area contributed by atoms with E-state index in [1.807, 2.05) is 0 Å². The first-order chi connectivity index (χ1) is 31.0. The van der Waals surface area contributed by atoms with Crippen molar-refractivity contribution >= 4 is 0 Å². The van der Waals surface area contributed by atoms with Crippen molar-refractivity contribution in [1.82, 2.24) is 0 Å². The second-order valence-electron chi connectivity index (χ2n) is 26.3. The van der Waals surface area contributed by atoms with E-state index in [0.29, 0.717) is 41.4 Å². The summed E-state index contributed by atoms with van der Waals surface area (Å²) < 4.78 is 0. The molecule has 7 atom stereocenters. The summed E-state index contributed by atoms with van der Waals surface area (Å²) in [6.07, 6.45) is 25.2. The Morgan fingerprint density at radius 1 is 0.433 bits per heavy atom. The van der Waals surface area contributed by atoms with E-state index in [4.69, 9.17) is 10.5 Å². The number of nitrogens with zero attached hydrogens (tertiary/aromatic N) is 2. The Morgan fingerprint density at radius 2 is 0.836 bits per heavy atom. The monoisotopic (exact) mass is 939 g/mol. The largest absolute Gasteiger partial charge is 0.198 e. The van der Waals surface area contributed by atoms with E-state index in [2.05, 4.69) is 192 Å². The van der Waals surface area contributed by atoms with E-state index in [-0.39, 0.29) is 0 Å². The van der Waals surface area contributed by atoms with Crippen molar-refractivity contribution in [2.75, 3.05) is 0 Å². The third-order valence-electron chi connectivity index (χ3n) is 20.2. The molecule has 4 rings (SSSR count). The first kappa shape index (κ1) is 70.2. The first-order valence-corrected chi connectivity index (χ1v) is 29.8. The van der Waals surface area contributed by atoms with Gasteiger partial charge in [0.15, 0.2) is 0 Å². The van der Waals surface area contributed by atoms with Gasteiger partial charge in [-0.15, -0.1) is 0 Å². The number of hydrogen-bond donors (Lipinski definition) is 0. The van der Waals surface area contributed by atoms with Gasteiger partial charge in [0.05, 0.1) is 12.1 Å². The topological polar surface area (TPSA) is 47.6 Å². The highest BCUT2D eigenvalue weighted by Gasteiger charge is 2.51. The first-order valence-electron chi connectivity index (χ1n) is 29.8. The lowest BCUT2D eigenvalue weighted by atomic mass is 9.56. The SMILES string of the molecule is CC(C)C(C)CCC#N.CCC(C)C(C)C.CCC(CC#N)C(C)C.CCC1(C(C)C)CC(C)C1.CCC1(C(C)C)CC1C.CCC1(C(C)C)CCC(C)C1.CCC1(C(C)C)CCC(C)CC1. The molecule has 2 heteroatoms. The van der Waals surface area contributed by atoms with E-state index in [1.54, 1.807) is 0 Å². The molecule has 0 N–H and O–H groups in total. The molecular weight excluding hydrogens is 809 g/mol.